The summed E-state index contributed by atoms with van der Waals surface area (Å²) in [5, 5.41) is 14.1. The number of rotatable bonds is 6. The number of aliphatic imine (C=N–C) groups is 1. The van der Waals surface area contributed by atoms with E-state index in [0.29, 0.717) is 31.1 Å². The zero-order valence-corrected chi connectivity index (χ0v) is 18.7. The second kappa shape index (κ2) is 10.6. The predicted octanol–water partition coefficient (Wildman–Crippen LogP) is 3.16. The van der Waals surface area contributed by atoms with E-state index in [1.165, 1.54) is 0 Å². The van der Waals surface area contributed by atoms with Crippen LogP contribution in [0, 0.1) is 0 Å². The topological polar surface area (TPSA) is 88.7 Å². The van der Waals surface area contributed by atoms with Crippen LogP contribution in [0.15, 0.2) is 41.7 Å². The SMILES string of the molecule is CN=C(NCCOc1ncc(C(F)(F)F)cc1Cl)NCc1nnc2ccccn12.I. The van der Waals surface area contributed by atoms with Crippen molar-refractivity contribution in [2.45, 2.75) is 12.7 Å². The lowest BCUT2D eigenvalue weighted by Gasteiger charge is -2.13. The molecule has 0 spiro atoms. The summed E-state index contributed by atoms with van der Waals surface area (Å²) in [6.07, 6.45) is -1.97. The molecule has 0 unspecified atom stereocenters. The molecule has 8 nitrogen and oxygen atoms in total. The van der Waals surface area contributed by atoms with Gasteiger partial charge in [0.05, 0.1) is 18.7 Å². The number of ether oxygens (including phenoxy) is 1. The van der Waals surface area contributed by atoms with E-state index in [0.717, 1.165) is 11.7 Å². The lowest BCUT2D eigenvalue weighted by molar-refractivity contribution is -0.137. The van der Waals surface area contributed by atoms with Gasteiger partial charge in [-0.2, -0.15) is 13.2 Å². The number of hydrogen-bond donors (Lipinski definition) is 2. The summed E-state index contributed by atoms with van der Waals surface area (Å²) < 4.78 is 45.0. The van der Waals surface area contributed by atoms with Crippen LogP contribution < -0.4 is 15.4 Å². The summed E-state index contributed by atoms with van der Waals surface area (Å²) in [5.41, 5.74) is -0.194. The van der Waals surface area contributed by atoms with E-state index in [1.807, 2.05) is 28.8 Å². The largest absolute Gasteiger partial charge is 0.475 e. The molecule has 0 aromatic carbocycles. The molecule has 3 heterocycles. The van der Waals surface area contributed by atoms with Gasteiger partial charge < -0.3 is 15.4 Å². The lowest BCUT2D eigenvalue weighted by Crippen LogP contribution is -2.39. The molecule has 0 aliphatic carbocycles. The van der Waals surface area contributed by atoms with Crippen molar-refractivity contribution in [2.24, 2.45) is 4.99 Å². The highest BCUT2D eigenvalue weighted by atomic mass is 127. The number of alkyl halides is 3. The molecular weight excluding hydrogens is 538 g/mol. The van der Waals surface area contributed by atoms with Crippen LogP contribution in [0.1, 0.15) is 11.4 Å². The Morgan fingerprint density at radius 3 is 2.77 bits per heavy atom. The Hall–Kier alpha value is -2.35. The van der Waals surface area contributed by atoms with Crippen LogP contribution in [0.2, 0.25) is 5.02 Å². The minimum absolute atomic E-state index is 0. The van der Waals surface area contributed by atoms with Gasteiger partial charge in [0.25, 0.3) is 0 Å². The lowest BCUT2D eigenvalue weighted by atomic mass is 10.3. The molecule has 0 amide bonds. The third-order valence-electron chi connectivity index (χ3n) is 3.79. The Morgan fingerprint density at radius 1 is 1.27 bits per heavy atom. The molecule has 13 heteroatoms. The zero-order chi connectivity index (χ0) is 20.9. The molecule has 0 atom stereocenters. The third-order valence-corrected chi connectivity index (χ3v) is 4.06. The first-order valence-corrected chi connectivity index (χ1v) is 8.85. The van der Waals surface area contributed by atoms with Gasteiger partial charge in [0.1, 0.15) is 11.6 Å². The Kier molecular flexibility index (Phi) is 8.46. The molecule has 0 aliphatic heterocycles. The van der Waals surface area contributed by atoms with Crippen LogP contribution in [0.5, 0.6) is 5.88 Å². The number of hydrogen-bond acceptors (Lipinski definition) is 5. The van der Waals surface area contributed by atoms with Crippen LogP contribution in [0.4, 0.5) is 13.2 Å². The van der Waals surface area contributed by atoms with Crippen molar-refractivity contribution in [1.82, 2.24) is 30.2 Å². The molecule has 0 fully saturated rings. The fourth-order valence-electron chi connectivity index (χ4n) is 2.40. The monoisotopic (exact) mass is 555 g/mol. The number of nitrogens with one attached hydrogen (secondary N) is 2. The summed E-state index contributed by atoms with van der Waals surface area (Å²) in [6, 6.07) is 6.38. The molecule has 162 valence electrons. The Morgan fingerprint density at radius 2 is 2.07 bits per heavy atom. The van der Waals surface area contributed by atoms with Crippen LogP contribution in [-0.4, -0.2) is 45.7 Å². The van der Waals surface area contributed by atoms with Gasteiger partial charge in [-0.05, 0) is 18.2 Å². The molecule has 0 saturated heterocycles. The van der Waals surface area contributed by atoms with Gasteiger partial charge in [-0.25, -0.2) is 4.98 Å². The van der Waals surface area contributed by atoms with E-state index < -0.39 is 11.7 Å². The molecule has 0 bridgehead atoms. The highest BCUT2D eigenvalue weighted by Crippen LogP contribution is 2.32. The summed E-state index contributed by atoms with van der Waals surface area (Å²) in [6.45, 7) is 0.823. The Balaban J connectivity index is 0.00000320. The molecular formula is C17H18ClF3IN7O. The van der Waals surface area contributed by atoms with Gasteiger partial charge in [-0.3, -0.25) is 9.39 Å². The minimum atomic E-state index is -4.51. The second-order valence-electron chi connectivity index (χ2n) is 5.75. The summed E-state index contributed by atoms with van der Waals surface area (Å²) >= 11 is 5.80. The van der Waals surface area contributed by atoms with Gasteiger partial charge >= 0.3 is 6.18 Å². The van der Waals surface area contributed by atoms with Gasteiger partial charge in [-0.1, -0.05) is 17.7 Å². The van der Waals surface area contributed by atoms with Crippen molar-refractivity contribution in [3.8, 4) is 5.88 Å². The van der Waals surface area contributed by atoms with E-state index >= 15 is 0 Å². The maximum absolute atomic E-state index is 12.6. The van der Waals surface area contributed by atoms with Gasteiger partial charge in [0, 0.05) is 19.4 Å². The van der Waals surface area contributed by atoms with Crippen molar-refractivity contribution in [3.05, 3.63) is 53.1 Å². The number of halogens is 5. The van der Waals surface area contributed by atoms with Crippen LogP contribution in [0.3, 0.4) is 0 Å². The highest BCUT2D eigenvalue weighted by molar-refractivity contribution is 14.0. The first-order valence-electron chi connectivity index (χ1n) is 8.47. The van der Waals surface area contributed by atoms with Gasteiger partial charge in [0.15, 0.2) is 17.4 Å². The fraction of sp³-hybridized carbons (Fsp3) is 0.294. The van der Waals surface area contributed by atoms with Crippen molar-refractivity contribution in [1.29, 1.82) is 0 Å². The third kappa shape index (κ3) is 6.08. The van der Waals surface area contributed by atoms with E-state index in [9.17, 15) is 13.2 Å². The molecule has 0 saturated carbocycles. The summed E-state index contributed by atoms with van der Waals surface area (Å²) in [7, 11) is 1.60. The number of guanidine groups is 1. The molecule has 3 rings (SSSR count). The van der Waals surface area contributed by atoms with Gasteiger partial charge in [0.2, 0.25) is 5.88 Å². The average Bonchev–Trinajstić information content (AvgIpc) is 3.11. The maximum atomic E-state index is 12.6. The number of fused-ring (bicyclic) bond motifs is 1. The summed E-state index contributed by atoms with van der Waals surface area (Å²) in [4.78, 5) is 7.70. The molecule has 3 aromatic rings. The quantitative estimate of drug-likeness (QED) is 0.210. The van der Waals surface area contributed by atoms with E-state index in [2.05, 4.69) is 30.8 Å². The fourth-order valence-corrected chi connectivity index (χ4v) is 2.62. The molecule has 0 aliphatic rings. The van der Waals surface area contributed by atoms with Crippen LogP contribution >= 0.6 is 35.6 Å². The predicted molar refractivity (Wildman–Crippen MR) is 116 cm³/mol. The Bertz CT molecular complexity index is 1010. The van der Waals surface area contributed by atoms with E-state index in [1.54, 1.807) is 7.05 Å². The van der Waals surface area contributed by atoms with Crippen molar-refractivity contribution in [3.63, 3.8) is 0 Å². The zero-order valence-electron chi connectivity index (χ0n) is 15.6. The van der Waals surface area contributed by atoms with E-state index in [-0.39, 0.29) is 41.5 Å². The summed E-state index contributed by atoms with van der Waals surface area (Å²) in [5.74, 6) is 1.13. The smallest absolute Gasteiger partial charge is 0.417 e. The first-order chi connectivity index (χ1) is 13.9. The molecule has 0 radical (unpaired) electrons. The number of nitrogens with zero attached hydrogens (tertiary/aromatic N) is 5. The van der Waals surface area contributed by atoms with Crippen LogP contribution in [-0.2, 0) is 12.7 Å². The van der Waals surface area contributed by atoms with E-state index in [4.69, 9.17) is 16.3 Å². The molecule has 3 aromatic heterocycles. The van der Waals surface area contributed by atoms with Crippen molar-refractivity contribution in [2.75, 3.05) is 20.2 Å². The van der Waals surface area contributed by atoms with Crippen molar-refractivity contribution < 1.29 is 17.9 Å². The van der Waals surface area contributed by atoms with Gasteiger partial charge in [-0.15, -0.1) is 34.2 Å². The standard InChI is InChI=1S/C17H17ClF3N7O.HI/c1-22-16(25-10-14-27-26-13-4-2-3-6-28(13)14)23-5-7-29-15-12(18)8-11(9-24-15)17(19,20)21;/h2-4,6,8-9H,5,7,10H2,1H3,(H2,22,23,25);1H. The molecule has 30 heavy (non-hydrogen) atoms. The van der Waals surface area contributed by atoms with Crippen molar-refractivity contribution >= 4 is 47.2 Å². The normalized spacial score (nSPS) is 11.8. The first kappa shape index (κ1) is 23.9. The van der Waals surface area contributed by atoms with Crippen LogP contribution in [0.25, 0.3) is 5.65 Å². The highest BCUT2D eigenvalue weighted by Gasteiger charge is 2.31. The number of aromatic nitrogens is 4. The average molecular weight is 556 g/mol. The molecule has 2 N–H and O–H groups in total. The number of pyridine rings is 2. The Labute approximate surface area is 191 Å². The minimum Gasteiger partial charge on any atom is -0.475 e. The second-order valence-corrected chi connectivity index (χ2v) is 6.16. The maximum Gasteiger partial charge on any atom is 0.417 e.